The summed E-state index contributed by atoms with van der Waals surface area (Å²) >= 11 is 11.2. The molecule has 0 saturated carbocycles. The summed E-state index contributed by atoms with van der Waals surface area (Å²) in [6.07, 6.45) is 2.56. The number of hydrogen-bond donors (Lipinski definition) is 2. The van der Waals surface area contributed by atoms with Gasteiger partial charge in [-0.05, 0) is 49.7 Å². The molecule has 0 aliphatic carbocycles. The molecule has 2 N–H and O–H groups in total. The van der Waals surface area contributed by atoms with Crippen molar-refractivity contribution in [2.24, 2.45) is 0 Å². The SMILES string of the molecule is C[C@@H](NC(=S)NC[C@H]1CCCO1)c1ccc(Cl)cc1. The maximum atomic E-state index is 5.87. The Labute approximate surface area is 124 Å². The first-order chi connectivity index (χ1) is 9.15. The van der Waals surface area contributed by atoms with E-state index < -0.39 is 0 Å². The first-order valence-corrected chi connectivity index (χ1v) is 7.35. The van der Waals surface area contributed by atoms with Crippen molar-refractivity contribution in [3.8, 4) is 0 Å². The Balaban J connectivity index is 1.76. The van der Waals surface area contributed by atoms with Crippen molar-refractivity contribution in [3.63, 3.8) is 0 Å². The molecule has 1 aromatic rings. The summed E-state index contributed by atoms with van der Waals surface area (Å²) in [6, 6.07) is 7.93. The molecule has 0 unspecified atom stereocenters. The molecule has 1 heterocycles. The Morgan fingerprint density at radius 1 is 1.47 bits per heavy atom. The quantitative estimate of drug-likeness (QED) is 0.837. The summed E-state index contributed by atoms with van der Waals surface area (Å²) in [4.78, 5) is 0. The molecule has 0 bridgehead atoms. The zero-order chi connectivity index (χ0) is 13.7. The topological polar surface area (TPSA) is 33.3 Å². The lowest BCUT2D eigenvalue weighted by Crippen LogP contribution is -2.40. The molecule has 0 amide bonds. The van der Waals surface area contributed by atoms with Gasteiger partial charge >= 0.3 is 0 Å². The predicted molar refractivity (Wildman–Crippen MR) is 82.6 cm³/mol. The van der Waals surface area contributed by atoms with E-state index >= 15 is 0 Å². The van der Waals surface area contributed by atoms with E-state index in [1.54, 1.807) is 0 Å². The minimum atomic E-state index is 0.154. The average Bonchev–Trinajstić information content (AvgIpc) is 2.90. The van der Waals surface area contributed by atoms with Gasteiger partial charge in [0.2, 0.25) is 0 Å². The summed E-state index contributed by atoms with van der Waals surface area (Å²) in [5.74, 6) is 0. The van der Waals surface area contributed by atoms with Crippen LogP contribution in [0.2, 0.25) is 5.02 Å². The van der Waals surface area contributed by atoms with Crippen LogP contribution in [0, 0.1) is 0 Å². The van der Waals surface area contributed by atoms with Crippen LogP contribution in [0.5, 0.6) is 0 Å². The number of nitrogens with one attached hydrogen (secondary N) is 2. The molecule has 0 radical (unpaired) electrons. The van der Waals surface area contributed by atoms with Gasteiger partial charge in [0.15, 0.2) is 5.11 Å². The Kier molecular flexibility index (Phi) is 5.43. The molecule has 1 aliphatic heterocycles. The van der Waals surface area contributed by atoms with Crippen molar-refractivity contribution in [1.29, 1.82) is 0 Å². The highest BCUT2D eigenvalue weighted by molar-refractivity contribution is 7.80. The second-order valence-corrected chi connectivity index (χ2v) is 5.61. The Morgan fingerprint density at radius 2 is 2.21 bits per heavy atom. The van der Waals surface area contributed by atoms with Crippen LogP contribution in [0.4, 0.5) is 0 Å². The van der Waals surface area contributed by atoms with Crippen molar-refractivity contribution in [1.82, 2.24) is 10.6 Å². The van der Waals surface area contributed by atoms with Gasteiger partial charge in [0.05, 0.1) is 12.1 Å². The largest absolute Gasteiger partial charge is 0.376 e. The number of rotatable bonds is 4. The van der Waals surface area contributed by atoms with E-state index in [9.17, 15) is 0 Å². The standard InChI is InChI=1S/C14H19ClN2OS/c1-10(11-4-6-12(15)7-5-11)17-14(19)16-9-13-3-2-8-18-13/h4-7,10,13H,2-3,8-9H2,1H3,(H2,16,17,19)/t10-,13-/m1/s1. The molecule has 2 rings (SSSR count). The monoisotopic (exact) mass is 298 g/mol. The zero-order valence-electron chi connectivity index (χ0n) is 11.0. The van der Waals surface area contributed by atoms with Crippen LogP contribution in [-0.2, 0) is 4.74 Å². The van der Waals surface area contributed by atoms with E-state index in [0.29, 0.717) is 11.2 Å². The minimum absolute atomic E-state index is 0.154. The van der Waals surface area contributed by atoms with E-state index in [1.807, 2.05) is 24.3 Å². The maximum absolute atomic E-state index is 5.87. The lowest BCUT2D eigenvalue weighted by molar-refractivity contribution is 0.114. The van der Waals surface area contributed by atoms with Gasteiger partial charge in [0, 0.05) is 18.2 Å². The fourth-order valence-electron chi connectivity index (χ4n) is 2.09. The highest BCUT2D eigenvalue weighted by Gasteiger charge is 2.15. The lowest BCUT2D eigenvalue weighted by Gasteiger charge is -2.19. The Hall–Kier alpha value is -0.840. The molecule has 1 fully saturated rings. The van der Waals surface area contributed by atoms with E-state index in [1.165, 1.54) is 0 Å². The van der Waals surface area contributed by atoms with Crippen LogP contribution >= 0.6 is 23.8 Å². The van der Waals surface area contributed by atoms with Gasteiger partial charge in [-0.1, -0.05) is 23.7 Å². The first-order valence-electron chi connectivity index (χ1n) is 6.56. The molecule has 0 aromatic heterocycles. The van der Waals surface area contributed by atoms with Crippen LogP contribution in [0.25, 0.3) is 0 Å². The third kappa shape index (κ3) is 4.64. The van der Waals surface area contributed by atoms with Gasteiger partial charge in [0.1, 0.15) is 0 Å². The predicted octanol–water partition coefficient (Wildman–Crippen LogP) is 3.04. The average molecular weight is 299 g/mol. The van der Waals surface area contributed by atoms with E-state index in [4.69, 9.17) is 28.6 Å². The van der Waals surface area contributed by atoms with Gasteiger partial charge in [-0.2, -0.15) is 0 Å². The van der Waals surface area contributed by atoms with Crippen molar-refractivity contribution in [3.05, 3.63) is 34.9 Å². The fraction of sp³-hybridized carbons (Fsp3) is 0.500. The van der Waals surface area contributed by atoms with Gasteiger partial charge < -0.3 is 15.4 Å². The van der Waals surface area contributed by atoms with Gasteiger partial charge in [0.25, 0.3) is 0 Å². The van der Waals surface area contributed by atoms with Crippen molar-refractivity contribution < 1.29 is 4.74 Å². The van der Waals surface area contributed by atoms with Crippen molar-refractivity contribution >= 4 is 28.9 Å². The van der Waals surface area contributed by atoms with Crippen LogP contribution in [0.15, 0.2) is 24.3 Å². The van der Waals surface area contributed by atoms with Crippen molar-refractivity contribution in [2.75, 3.05) is 13.2 Å². The smallest absolute Gasteiger partial charge is 0.166 e. The third-order valence-corrected chi connectivity index (χ3v) is 3.75. The number of ether oxygens (including phenoxy) is 1. The van der Waals surface area contributed by atoms with E-state index in [2.05, 4.69) is 17.6 Å². The second-order valence-electron chi connectivity index (χ2n) is 4.76. The molecule has 3 nitrogen and oxygen atoms in total. The molecule has 5 heteroatoms. The fourth-order valence-corrected chi connectivity index (χ4v) is 2.48. The normalized spacial score (nSPS) is 20.0. The summed E-state index contributed by atoms with van der Waals surface area (Å²) in [5.41, 5.74) is 1.16. The molecule has 2 atom stereocenters. The number of hydrogen-bond acceptors (Lipinski definition) is 2. The molecular formula is C14H19ClN2OS. The third-order valence-electron chi connectivity index (χ3n) is 3.23. The number of thiocarbonyl (C=S) groups is 1. The van der Waals surface area contributed by atoms with Gasteiger partial charge in [-0.3, -0.25) is 0 Å². The van der Waals surface area contributed by atoms with Crippen LogP contribution in [0.3, 0.4) is 0 Å². The first kappa shape index (κ1) is 14.6. The number of halogens is 1. The lowest BCUT2D eigenvalue weighted by atomic mass is 10.1. The zero-order valence-corrected chi connectivity index (χ0v) is 12.6. The van der Waals surface area contributed by atoms with E-state index in [0.717, 1.165) is 36.6 Å². The Morgan fingerprint density at radius 3 is 2.84 bits per heavy atom. The van der Waals surface area contributed by atoms with Crippen LogP contribution in [-0.4, -0.2) is 24.4 Å². The molecule has 1 saturated heterocycles. The molecule has 19 heavy (non-hydrogen) atoms. The molecule has 1 aromatic carbocycles. The highest BCUT2D eigenvalue weighted by Crippen LogP contribution is 2.16. The van der Waals surface area contributed by atoms with Crippen molar-refractivity contribution in [2.45, 2.75) is 31.9 Å². The maximum Gasteiger partial charge on any atom is 0.166 e. The minimum Gasteiger partial charge on any atom is -0.376 e. The second kappa shape index (κ2) is 7.08. The summed E-state index contributed by atoms with van der Waals surface area (Å²) in [7, 11) is 0. The molecule has 0 spiro atoms. The Bertz CT molecular complexity index is 418. The molecule has 104 valence electrons. The highest BCUT2D eigenvalue weighted by atomic mass is 35.5. The van der Waals surface area contributed by atoms with Crippen LogP contribution < -0.4 is 10.6 Å². The van der Waals surface area contributed by atoms with Gasteiger partial charge in [-0.25, -0.2) is 0 Å². The summed E-state index contributed by atoms with van der Waals surface area (Å²) in [5, 5.41) is 7.88. The van der Waals surface area contributed by atoms with Gasteiger partial charge in [-0.15, -0.1) is 0 Å². The summed E-state index contributed by atoms with van der Waals surface area (Å²) < 4.78 is 5.54. The molecule has 1 aliphatic rings. The summed E-state index contributed by atoms with van der Waals surface area (Å²) in [6.45, 7) is 3.72. The van der Waals surface area contributed by atoms with E-state index in [-0.39, 0.29) is 6.04 Å². The van der Waals surface area contributed by atoms with Crippen LogP contribution in [0.1, 0.15) is 31.4 Å². The number of benzene rings is 1. The molecular weight excluding hydrogens is 280 g/mol.